The van der Waals surface area contributed by atoms with E-state index in [0.29, 0.717) is 17.7 Å². The molecule has 0 N–H and O–H groups in total. The number of nitrogens with zero attached hydrogens (tertiary/aromatic N) is 1. The van der Waals surface area contributed by atoms with Gasteiger partial charge in [-0.2, -0.15) is 0 Å². The Kier molecular flexibility index (Phi) is 3.54. The molecule has 0 fully saturated rings. The summed E-state index contributed by atoms with van der Waals surface area (Å²) in [6.45, 7) is 3.37. The predicted molar refractivity (Wildman–Crippen MR) is 61.1 cm³/mol. The van der Waals surface area contributed by atoms with Gasteiger partial charge in [0.2, 0.25) is 0 Å². The topological polar surface area (TPSA) is 37.4 Å². The molecule has 0 atom stereocenters. The van der Waals surface area contributed by atoms with Gasteiger partial charge in [0.05, 0.1) is 11.1 Å². The monoisotopic (exact) mass is 289 g/mol. The average molecular weight is 289 g/mol. The van der Waals surface area contributed by atoms with Crippen LogP contribution in [-0.2, 0) is 0 Å². The largest absolute Gasteiger partial charge is 0.271 e. The summed E-state index contributed by atoms with van der Waals surface area (Å²) in [6.07, 6.45) is 0.742. The average Bonchev–Trinajstić information content (AvgIpc) is 2.69. The SMILES string of the molecule is CCC(CC)N1C(=O)c2c(F)c(F)c(F)c(F)c2C1=O. The maximum absolute atomic E-state index is 13.6. The maximum Gasteiger partial charge on any atom is 0.265 e. The lowest BCUT2D eigenvalue weighted by molar-refractivity contribution is 0.0573. The Balaban J connectivity index is 2.69. The zero-order chi connectivity index (χ0) is 15.2. The highest BCUT2D eigenvalue weighted by Gasteiger charge is 2.45. The highest BCUT2D eigenvalue weighted by atomic mass is 19.2. The third-order valence-electron chi connectivity index (χ3n) is 3.44. The maximum atomic E-state index is 13.6. The van der Waals surface area contributed by atoms with E-state index in [2.05, 4.69) is 0 Å². The number of amides is 2. The highest BCUT2D eigenvalue weighted by molar-refractivity contribution is 6.21. The Morgan fingerprint density at radius 3 is 1.45 bits per heavy atom. The van der Waals surface area contributed by atoms with Crippen LogP contribution in [0.15, 0.2) is 0 Å². The Bertz CT molecular complexity index is 564. The number of halogens is 4. The van der Waals surface area contributed by atoms with Gasteiger partial charge in [-0.3, -0.25) is 14.5 Å². The van der Waals surface area contributed by atoms with Crippen LogP contribution < -0.4 is 0 Å². The molecule has 108 valence electrons. The summed E-state index contributed by atoms with van der Waals surface area (Å²) >= 11 is 0. The second kappa shape index (κ2) is 4.88. The lowest BCUT2D eigenvalue weighted by Crippen LogP contribution is -2.39. The fourth-order valence-corrected chi connectivity index (χ4v) is 2.35. The van der Waals surface area contributed by atoms with Crippen LogP contribution in [0.1, 0.15) is 47.4 Å². The molecular formula is C13H11F4NO2. The van der Waals surface area contributed by atoms with Crippen molar-refractivity contribution in [1.82, 2.24) is 4.90 Å². The van der Waals surface area contributed by atoms with Crippen molar-refractivity contribution in [1.29, 1.82) is 0 Å². The fraction of sp³-hybridized carbons (Fsp3) is 0.385. The molecule has 0 radical (unpaired) electrons. The van der Waals surface area contributed by atoms with Crippen LogP contribution in [0.5, 0.6) is 0 Å². The molecular weight excluding hydrogens is 278 g/mol. The number of hydrogen-bond acceptors (Lipinski definition) is 2. The zero-order valence-electron chi connectivity index (χ0n) is 10.8. The Morgan fingerprint density at radius 2 is 1.15 bits per heavy atom. The molecule has 0 spiro atoms. The van der Waals surface area contributed by atoms with Crippen LogP contribution in [0.4, 0.5) is 17.6 Å². The first-order chi connectivity index (χ1) is 9.36. The number of carbonyl (C=O) groups excluding carboxylic acids is 2. The van der Waals surface area contributed by atoms with Crippen LogP contribution in [0.3, 0.4) is 0 Å². The summed E-state index contributed by atoms with van der Waals surface area (Å²) in [5.41, 5.74) is -2.06. The standard InChI is InChI=1S/C13H11F4NO2/c1-3-5(4-2)18-12(19)6-7(13(18)20)9(15)11(17)10(16)8(6)14/h5H,3-4H2,1-2H3. The number of hydrogen-bond donors (Lipinski definition) is 0. The molecule has 0 bridgehead atoms. The first-order valence-electron chi connectivity index (χ1n) is 6.10. The minimum atomic E-state index is -2.09. The summed E-state index contributed by atoms with van der Waals surface area (Å²) in [4.78, 5) is 24.7. The minimum absolute atomic E-state index is 0.371. The zero-order valence-corrected chi connectivity index (χ0v) is 10.8. The van der Waals surface area contributed by atoms with Crippen LogP contribution in [0.2, 0.25) is 0 Å². The van der Waals surface area contributed by atoms with Crippen LogP contribution >= 0.6 is 0 Å². The van der Waals surface area contributed by atoms with E-state index >= 15 is 0 Å². The van der Waals surface area contributed by atoms with Crippen LogP contribution in [0, 0.1) is 23.3 Å². The summed E-state index contributed by atoms with van der Waals surface area (Å²) in [5, 5.41) is 0. The van der Waals surface area contributed by atoms with Crippen molar-refractivity contribution in [2.45, 2.75) is 32.7 Å². The third-order valence-corrected chi connectivity index (χ3v) is 3.44. The molecule has 7 heteroatoms. The van der Waals surface area contributed by atoms with E-state index in [0.717, 1.165) is 0 Å². The smallest absolute Gasteiger partial charge is 0.265 e. The van der Waals surface area contributed by atoms with Crippen molar-refractivity contribution in [3.05, 3.63) is 34.4 Å². The number of carbonyl (C=O) groups is 2. The Hall–Kier alpha value is -1.92. The van der Waals surface area contributed by atoms with E-state index < -0.39 is 52.3 Å². The van der Waals surface area contributed by atoms with Gasteiger partial charge in [0.25, 0.3) is 11.8 Å². The molecule has 1 heterocycles. The summed E-state index contributed by atoms with van der Waals surface area (Å²) in [5.74, 6) is -10.1. The molecule has 2 amide bonds. The molecule has 2 rings (SSSR count). The first-order valence-corrected chi connectivity index (χ1v) is 6.10. The number of fused-ring (bicyclic) bond motifs is 1. The van der Waals surface area contributed by atoms with Gasteiger partial charge in [-0.25, -0.2) is 17.6 Å². The van der Waals surface area contributed by atoms with E-state index in [4.69, 9.17) is 0 Å². The molecule has 0 unspecified atom stereocenters. The van der Waals surface area contributed by atoms with Crippen LogP contribution in [-0.4, -0.2) is 22.8 Å². The third kappa shape index (κ3) is 1.72. The number of benzene rings is 1. The van der Waals surface area contributed by atoms with Crippen LogP contribution in [0.25, 0.3) is 0 Å². The second-order valence-corrected chi connectivity index (χ2v) is 4.46. The van der Waals surface area contributed by atoms with Gasteiger partial charge in [0, 0.05) is 6.04 Å². The molecule has 1 aromatic rings. The van der Waals surface area contributed by atoms with Crippen molar-refractivity contribution in [2.24, 2.45) is 0 Å². The van der Waals surface area contributed by atoms with Crippen molar-refractivity contribution < 1.29 is 27.2 Å². The molecule has 3 nitrogen and oxygen atoms in total. The highest BCUT2D eigenvalue weighted by Crippen LogP contribution is 2.33. The van der Waals surface area contributed by atoms with E-state index in [1.165, 1.54) is 0 Å². The van der Waals surface area contributed by atoms with Gasteiger partial charge in [-0.05, 0) is 12.8 Å². The summed E-state index contributed by atoms with van der Waals surface area (Å²) < 4.78 is 53.6. The summed E-state index contributed by atoms with van der Waals surface area (Å²) in [7, 11) is 0. The molecule has 1 aliphatic heterocycles. The fourth-order valence-electron chi connectivity index (χ4n) is 2.35. The lowest BCUT2D eigenvalue weighted by Gasteiger charge is -2.23. The van der Waals surface area contributed by atoms with Crippen molar-refractivity contribution in [3.63, 3.8) is 0 Å². The molecule has 20 heavy (non-hydrogen) atoms. The Morgan fingerprint density at radius 1 is 0.800 bits per heavy atom. The number of imide groups is 1. The molecule has 0 saturated carbocycles. The summed E-state index contributed by atoms with van der Waals surface area (Å²) in [6, 6.07) is -0.577. The number of rotatable bonds is 3. The normalized spacial score (nSPS) is 14.4. The molecule has 1 aliphatic rings. The van der Waals surface area contributed by atoms with Gasteiger partial charge in [-0.15, -0.1) is 0 Å². The quantitative estimate of drug-likeness (QED) is 0.371. The molecule has 1 aromatic carbocycles. The Labute approximate surface area is 112 Å². The minimum Gasteiger partial charge on any atom is -0.271 e. The predicted octanol–water partition coefficient (Wildman–Crippen LogP) is 3.03. The van der Waals surface area contributed by atoms with Gasteiger partial charge in [-0.1, -0.05) is 13.8 Å². The lowest BCUT2D eigenvalue weighted by atomic mass is 10.1. The van der Waals surface area contributed by atoms with E-state index in [1.807, 2.05) is 0 Å². The molecule has 0 aromatic heterocycles. The molecule has 0 saturated heterocycles. The van der Waals surface area contributed by atoms with Gasteiger partial charge in [0.1, 0.15) is 0 Å². The van der Waals surface area contributed by atoms with E-state index in [-0.39, 0.29) is 0 Å². The van der Waals surface area contributed by atoms with Gasteiger partial charge in [0.15, 0.2) is 23.3 Å². The second-order valence-electron chi connectivity index (χ2n) is 4.46. The van der Waals surface area contributed by atoms with Gasteiger partial charge < -0.3 is 0 Å². The first kappa shape index (κ1) is 14.5. The van der Waals surface area contributed by atoms with Gasteiger partial charge >= 0.3 is 0 Å². The van der Waals surface area contributed by atoms with E-state index in [1.54, 1.807) is 13.8 Å². The van der Waals surface area contributed by atoms with Crippen molar-refractivity contribution in [2.75, 3.05) is 0 Å². The van der Waals surface area contributed by atoms with E-state index in [9.17, 15) is 27.2 Å². The molecule has 0 aliphatic carbocycles. The van der Waals surface area contributed by atoms with Crippen molar-refractivity contribution in [3.8, 4) is 0 Å². The van der Waals surface area contributed by atoms with Crippen molar-refractivity contribution >= 4 is 11.8 Å².